The zero-order chi connectivity index (χ0) is 23.4. The maximum absolute atomic E-state index is 14.1. The predicted molar refractivity (Wildman–Crippen MR) is 128 cm³/mol. The molecule has 0 atom stereocenters. The van der Waals surface area contributed by atoms with Crippen LogP contribution in [0.4, 0.5) is 15.8 Å². The third kappa shape index (κ3) is 5.34. The average molecular weight is 468 g/mol. The van der Waals surface area contributed by atoms with E-state index in [0.29, 0.717) is 24.3 Å². The zero-order valence-corrected chi connectivity index (χ0v) is 19.2. The highest BCUT2D eigenvalue weighted by Gasteiger charge is 2.24. The largest absolute Gasteiger partial charge is 0.368 e. The maximum atomic E-state index is 14.1. The smallest absolute Gasteiger partial charge is 0.253 e. The summed E-state index contributed by atoms with van der Waals surface area (Å²) < 4.78 is 40.0. The number of piperazine rings is 1. The summed E-state index contributed by atoms with van der Waals surface area (Å²) in [5.41, 5.74) is 2.29. The molecule has 172 valence electrons. The Hall–Kier alpha value is -3.39. The number of anilines is 2. The van der Waals surface area contributed by atoms with Crippen LogP contribution in [0.15, 0.2) is 78.9 Å². The Morgan fingerprint density at radius 2 is 1.48 bits per heavy atom. The number of hydrogen-bond donors (Lipinski definition) is 0. The number of para-hydroxylation sites is 1. The number of benzene rings is 3. The second kappa shape index (κ2) is 9.62. The van der Waals surface area contributed by atoms with Gasteiger partial charge in [-0.2, -0.15) is 0 Å². The van der Waals surface area contributed by atoms with Crippen molar-refractivity contribution in [2.45, 2.75) is 6.54 Å². The van der Waals surface area contributed by atoms with Crippen molar-refractivity contribution in [3.05, 3.63) is 95.8 Å². The summed E-state index contributed by atoms with van der Waals surface area (Å²) >= 11 is 0. The molecular formula is C25H26FN3O3S. The SMILES string of the molecule is CS(=O)(=O)N(Cc1ccccc1F)c1ccc(C(=O)N2CCN(c3ccccc3)CC2)cc1. The number of hydrogen-bond acceptors (Lipinski definition) is 4. The first-order valence-electron chi connectivity index (χ1n) is 10.7. The van der Waals surface area contributed by atoms with E-state index in [9.17, 15) is 17.6 Å². The Bertz CT molecular complexity index is 1210. The summed E-state index contributed by atoms with van der Waals surface area (Å²) in [4.78, 5) is 17.0. The Morgan fingerprint density at radius 1 is 0.879 bits per heavy atom. The molecule has 4 rings (SSSR count). The van der Waals surface area contributed by atoms with Crippen molar-refractivity contribution in [2.75, 3.05) is 41.6 Å². The number of rotatable bonds is 6. The first kappa shape index (κ1) is 22.8. The van der Waals surface area contributed by atoms with Crippen LogP contribution in [0, 0.1) is 5.82 Å². The second-order valence-electron chi connectivity index (χ2n) is 8.02. The van der Waals surface area contributed by atoms with Crippen LogP contribution in [0.3, 0.4) is 0 Å². The fourth-order valence-electron chi connectivity index (χ4n) is 3.94. The third-order valence-electron chi connectivity index (χ3n) is 5.76. The van der Waals surface area contributed by atoms with Gasteiger partial charge in [0.05, 0.1) is 18.5 Å². The lowest BCUT2D eigenvalue weighted by molar-refractivity contribution is 0.0747. The monoisotopic (exact) mass is 467 g/mol. The number of nitrogens with zero attached hydrogens (tertiary/aromatic N) is 3. The van der Waals surface area contributed by atoms with Gasteiger partial charge in [-0.05, 0) is 42.5 Å². The van der Waals surface area contributed by atoms with Crippen LogP contribution in [-0.4, -0.2) is 51.7 Å². The second-order valence-corrected chi connectivity index (χ2v) is 9.93. The van der Waals surface area contributed by atoms with Crippen molar-refractivity contribution in [3.63, 3.8) is 0 Å². The van der Waals surface area contributed by atoms with Gasteiger partial charge in [0.2, 0.25) is 10.0 Å². The molecule has 0 unspecified atom stereocenters. The summed E-state index contributed by atoms with van der Waals surface area (Å²) in [5.74, 6) is -0.554. The molecule has 0 radical (unpaired) electrons. The van der Waals surface area contributed by atoms with Crippen molar-refractivity contribution in [3.8, 4) is 0 Å². The van der Waals surface area contributed by atoms with Gasteiger partial charge >= 0.3 is 0 Å². The van der Waals surface area contributed by atoms with Crippen LogP contribution < -0.4 is 9.21 Å². The zero-order valence-electron chi connectivity index (χ0n) is 18.4. The van der Waals surface area contributed by atoms with Crippen molar-refractivity contribution >= 4 is 27.3 Å². The van der Waals surface area contributed by atoms with Gasteiger partial charge in [-0.1, -0.05) is 36.4 Å². The summed E-state index contributed by atoms with van der Waals surface area (Å²) in [5, 5.41) is 0. The topological polar surface area (TPSA) is 60.9 Å². The molecule has 1 saturated heterocycles. The predicted octanol–water partition coefficient (Wildman–Crippen LogP) is 3.75. The number of amides is 1. The lowest BCUT2D eigenvalue weighted by Crippen LogP contribution is -2.48. The van der Waals surface area contributed by atoms with Crippen LogP contribution in [0.2, 0.25) is 0 Å². The van der Waals surface area contributed by atoms with Crippen LogP contribution in [-0.2, 0) is 16.6 Å². The van der Waals surface area contributed by atoms with E-state index in [4.69, 9.17) is 0 Å². The van der Waals surface area contributed by atoms with E-state index in [0.717, 1.165) is 29.3 Å². The first-order valence-corrected chi connectivity index (χ1v) is 12.6. The highest BCUT2D eigenvalue weighted by Crippen LogP contribution is 2.23. The van der Waals surface area contributed by atoms with Gasteiger partial charge in [-0.3, -0.25) is 9.10 Å². The number of carbonyl (C=O) groups excluding carboxylic acids is 1. The fourth-order valence-corrected chi connectivity index (χ4v) is 4.82. The lowest BCUT2D eigenvalue weighted by atomic mass is 10.1. The molecule has 8 heteroatoms. The molecule has 1 aliphatic rings. The van der Waals surface area contributed by atoms with E-state index in [1.807, 2.05) is 23.1 Å². The van der Waals surface area contributed by atoms with E-state index >= 15 is 0 Å². The summed E-state index contributed by atoms with van der Waals surface area (Å²) in [7, 11) is -3.65. The minimum atomic E-state index is -3.65. The van der Waals surface area contributed by atoms with Crippen molar-refractivity contribution in [1.29, 1.82) is 0 Å². The van der Waals surface area contributed by atoms with Gasteiger partial charge in [0.15, 0.2) is 0 Å². The van der Waals surface area contributed by atoms with Crippen molar-refractivity contribution < 1.29 is 17.6 Å². The minimum Gasteiger partial charge on any atom is -0.368 e. The molecule has 0 bridgehead atoms. The van der Waals surface area contributed by atoms with Gasteiger partial charge in [-0.15, -0.1) is 0 Å². The molecule has 0 aliphatic carbocycles. The number of sulfonamides is 1. The molecule has 0 spiro atoms. The van der Waals surface area contributed by atoms with E-state index in [-0.39, 0.29) is 18.0 Å². The van der Waals surface area contributed by atoms with E-state index in [1.54, 1.807) is 42.5 Å². The van der Waals surface area contributed by atoms with Gasteiger partial charge in [0, 0.05) is 43.0 Å². The average Bonchev–Trinajstić information content (AvgIpc) is 2.83. The van der Waals surface area contributed by atoms with Gasteiger partial charge < -0.3 is 9.80 Å². The van der Waals surface area contributed by atoms with Gasteiger partial charge in [0.1, 0.15) is 5.82 Å². The van der Waals surface area contributed by atoms with Gasteiger partial charge in [0.25, 0.3) is 5.91 Å². The Balaban J connectivity index is 1.45. The molecule has 1 fully saturated rings. The maximum Gasteiger partial charge on any atom is 0.253 e. The Kier molecular flexibility index (Phi) is 6.65. The molecule has 0 aromatic heterocycles. The third-order valence-corrected chi connectivity index (χ3v) is 6.90. The molecule has 3 aromatic carbocycles. The first-order chi connectivity index (χ1) is 15.8. The molecular weight excluding hydrogens is 441 g/mol. The molecule has 0 saturated carbocycles. The molecule has 3 aromatic rings. The molecule has 0 N–H and O–H groups in total. The Labute approximate surface area is 193 Å². The van der Waals surface area contributed by atoms with Crippen LogP contribution >= 0.6 is 0 Å². The Morgan fingerprint density at radius 3 is 2.09 bits per heavy atom. The molecule has 1 heterocycles. The highest BCUT2D eigenvalue weighted by atomic mass is 32.2. The number of halogens is 1. The van der Waals surface area contributed by atoms with E-state index in [1.165, 1.54) is 6.07 Å². The quantitative estimate of drug-likeness (QED) is 0.554. The molecule has 6 nitrogen and oxygen atoms in total. The summed E-state index contributed by atoms with van der Waals surface area (Å²) in [6, 6.07) is 22.6. The molecule has 33 heavy (non-hydrogen) atoms. The molecule has 1 aliphatic heterocycles. The van der Waals surface area contributed by atoms with Crippen LogP contribution in [0.5, 0.6) is 0 Å². The van der Waals surface area contributed by atoms with Crippen molar-refractivity contribution in [2.24, 2.45) is 0 Å². The normalized spacial score (nSPS) is 14.2. The molecule has 1 amide bonds. The van der Waals surface area contributed by atoms with Crippen molar-refractivity contribution in [1.82, 2.24) is 4.90 Å². The van der Waals surface area contributed by atoms with Crippen LogP contribution in [0.25, 0.3) is 0 Å². The van der Waals surface area contributed by atoms with Gasteiger partial charge in [-0.25, -0.2) is 12.8 Å². The fraction of sp³-hybridized carbons (Fsp3) is 0.240. The highest BCUT2D eigenvalue weighted by molar-refractivity contribution is 7.92. The summed E-state index contributed by atoms with van der Waals surface area (Å²) in [6.07, 6.45) is 1.08. The van der Waals surface area contributed by atoms with E-state index < -0.39 is 15.8 Å². The summed E-state index contributed by atoms with van der Waals surface area (Å²) in [6.45, 7) is 2.59. The minimum absolute atomic E-state index is 0.0886. The van der Waals surface area contributed by atoms with E-state index in [2.05, 4.69) is 17.0 Å². The standard InChI is InChI=1S/C25H26FN3O3S/c1-33(31,32)29(19-21-7-5-6-10-24(21)26)23-13-11-20(12-14-23)25(30)28-17-15-27(16-18-28)22-8-3-2-4-9-22/h2-14H,15-19H2,1H3. The van der Waals surface area contributed by atoms with Crippen LogP contribution in [0.1, 0.15) is 15.9 Å². The lowest BCUT2D eigenvalue weighted by Gasteiger charge is -2.36. The number of carbonyl (C=O) groups is 1.